The summed E-state index contributed by atoms with van der Waals surface area (Å²) in [4.78, 5) is 0.205. The fourth-order valence-electron chi connectivity index (χ4n) is 1.98. The number of hydrogen-bond donors (Lipinski definition) is 1. The molecule has 1 aromatic carbocycles. The maximum Gasteiger partial charge on any atom is 0.241 e. The third kappa shape index (κ3) is 3.42. The quantitative estimate of drug-likeness (QED) is 0.922. The van der Waals surface area contributed by atoms with Gasteiger partial charge in [-0.3, -0.25) is 0 Å². The molecule has 0 unspecified atom stereocenters. The Bertz CT molecular complexity index is 680. The summed E-state index contributed by atoms with van der Waals surface area (Å²) in [6, 6.07) is 8.16. The van der Waals surface area contributed by atoms with E-state index < -0.39 is 10.0 Å². The molecule has 2 rings (SSSR count). The van der Waals surface area contributed by atoms with Gasteiger partial charge in [0.05, 0.1) is 11.2 Å². The van der Waals surface area contributed by atoms with Crippen molar-refractivity contribution in [2.75, 3.05) is 0 Å². The zero-order chi connectivity index (χ0) is 14.8. The molecule has 4 nitrogen and oxygen atoms in total. The molecule has 2 aromatic rings. The van der Waals surface area contributed by atoms with E-state index in [1.807, 2.05) is 6.07 Å². The Hall–Kier alpha value is -1.30. The second-order valence-corrected chi connectivity index (χ2v) is 6.76. The van der Waals surface area contributed by atoms with E-state index in [0.29, 0.717) is 17.0 Å². The van der Waals surface area contributed by atoms with Crippen molar-refractivity contribution in [1.82, 2.24) is 4.72 Å². The van der Waals surface area contributed by atoms with Crippen molar-refractivity contribution in [3.8, 4) is 0 Å². The van der Waals surface area contributed by atoms with Gasteiger partial charge in [-0.2, -0.15) is 0 Å². The van der Waals surface area contributed by atoms with E-state index in [1.165, 1.54) is 0 Å². The van der Waals surface area contributed by atoms with Crippen molar-refractivity contribution in [2.45, 2.75) is 31.2 Å². The van der Waals surface area contributed by atoms with E-state index in [0.717, 1.165) is 5.76 Å². The van der Waals surface area contributed by atoms with Crippen LogP contribution in [0.1, 0.15) is 18.2 Å². The predicted molar refractivity (Wildman–Crippen MR) is 78.4 cm³/mol. The highest BCUT2D eigenvalue weighted by atomic mass is 35.5. The van der Waals surface area contributed by atoms with Crippen LogP contribution in [0.5, 0.6) is 0 Å². The summed E-state index contributed by atoms with van der Waals surface area (Å²) in [6.07, 6.45) is 2.06. The summed E-state index contributed by atoms with van der Waals surface area (Å²) < 4.78 is 32.5. The van der Waals surface area contributed by atoms with Crippen molar-refractivity contribution in [1.29, 1.82) is 0 Å². The van der Waals surface area contributed by atoms with Crippen LogP contribution in [-0.2, 0) is 16.4 Å². The van der Waals surface area contributed by atoms with Gasteiger partial charge in [-0.15, -0.1) is 0 Å². The van der Waals surface area contributed by atoms with Gasteiger partial charge in [0.2, 0.25) is 10.0 Å². The number of hydrogen-bond acceptors (Lipinski definition) is 3. The first kappa shape index (κ1) is 15.1. The van der Waals surface area contributed by atoms with Crippen molar-refractivity contribution in [3.63, 3.8) is 0 Å². The van der Waals surface area contributed by atoms with Gasteiger partial charge in [0.15, 0.2) is 0 Å². The second-order valence-electron chi connectivity index (χ2n) is 4.67. The molecule has 0 spiro atoms. The highest BCUT2D eigenvalue weighted by Gasteiger charge is 2.21. The normalized spacial score (nSPS) is 13.3. The number of nitrogens with one attached hydrogen (secondary N) is 1. The molecule has 0 aliphatic heterocycles. The summed E-state index contributed by atoms with van der Waals surface area (Å²) >= 11 is 5.96. The Morgan fingerprint density at radius 1 is 1.30 bits per heavy atom. The maximum absolute atomic E-state index is 12.3. The van der Waals surface area contributed by atoms with E-state index in [4.69, 9.17) is 16.0 Å². The molecule has 0 saturated carbocycles. The van der Waals surface area contributed by atoms with Crippen LogP contribution in [0.15, 0.2) is 45.9 Å². The standard InChI is InChI=1S/C14H16ClNO3S/c1-10(9-12-5-4-8-19-12)16-20(17,18)14-7-3-6-13(15)11(14)2/h3-8,10,16H,9H2,1-2H3/t10-/m1/s1. The Labute approximate surface area is 123 Å². The summed E-state index contributed by atoms with van der Waals surface area (Å²) in [7, 11) is -3.59. The molecule has 1 aromatic heterocycles. The molecule has 6 heteroatoms. The monoisotopic (exact) mass is 313 g/mol. The highest BCUT2D eigenvalue weighted by molar-refractivity contribution is 7.89. The van der Waals surface area contributed by atoms with Crippen LogP contribution >= 0.6 is 11.6 Å². The first-order chi connectivity index (χ1) is 9.40. The highest BCUT2D eigenvalue weighted by Crippen LogP contribution is 2.23. The van der Waals surface area contributed by atoms with Crippen LogP contribution in [-0.4, -0.2) is 14.5 Å². The fourth-order valence-corrected chi connectivity index (χ4v) is 3.72. The lowest BCUT2D eigenvalue weighted by atomic mass is 10.2. The van der Waals surface area contributed by atoms with Gasteiger partial charge < -0.3 is 4.42 Å². The van der Waals surface area contributed by atoms with E-state index in [-0.39, 0.29) is 10.9 Å². The minimum atomic E-state index is -3.59. The van der Waals surface area contributed by atoms with Crippen molar-refractivity contribution >= 4 is 21.6 Å². The lowest BCUT2D eigenvalue weighted by Gasteiger charge is -2.15. The summed E-state index contributed by atoms with van der Waals surface area (Å²) in [5.41, 5.74) is 0.548. The average molecular weight is 314 g/mol. The van der Waals surface area contributed by atoms with Gasteiger partial charge in [0, 0.05) is 17.5 Å². The molecule has 0 saturated heterocycles. The molecule has 0 aliphatic rings. The van der Waals surface area contributed by atoms with E-state index in [1.54, 1.807) is 44.4 Å². The molecule has 20 heavy (non-hydrogen) atoms. The molecule has 0 aliphatic carbocycles. The molecule has 0 radical (unpaired) electrons. The van der Waals surface area contributed by atoms with Crippen LogP contribution in [0.3, 0.4) is 0 Å². The number of benzene rings is 1. The second kappa shape index (κ2) is 5.99. The molecular weight excluding hydrogens is 298 g/mol. The van der Waals surface area contributed by atoms with Crippen LogP contribution in [0.2, 0.25) is 5.02 Å². The van der Waals surface area contributed by atoms with Gasteiger partial charge in [-0.25, -0.2) is 13.1 Å². The van der Waals surface area contributed by atoms with Crippen LogP contribution < -0.4 is 4.72 Å². The SMILES string of the molecule is Cc1c(Cl)cccc1S(=O)(=O)N[C@H](C)Cc1ccco1. The summed E-state index contributed by atoms with van der Waals surface area (Å²) in [5, 5.41) is 0.437. The summed E-state index contributed by atoms with van der Waals surface area (Å²) in [5.74, 6) is 0.739. The van der Waals surface area contributed by atoms with E-state index >= 15 is 0 Å². The first-order valence-corrected chi connectivity index (χ1v) is 8.06. The van der Waals surface area contributed by atoms with E-state index in [9.17, 15) is 8.42 Å². The third-order valence-corrected chi connectivity index (χ3v) is 5.09. The van der Waals surface area contributed by atoms with Crippen molar-refractivity contribution < 1.29 is 12.8 Å². The molecular formula is C14H16ClNO3S. The van der Waals surface area contributed by atoms with Crippen molar-refractivity contribution in [3.05, 3.63) is 52.9 Å². The van der Waals surface area contributed by atoms with Gasteiger partial charge >= 0.3 is 0 Å². The smallest absolute Gasteiger partial charge is 0.241 e. The number of furan rings is 1. The molecule has 0 bridgehead atoms. The number of rotatable bonds is 5. The number of halogens is 1. The van der Waals surface area contributed by atoms with Crippen LogP contribution in [0.4, 0.5) is 0 Å². The molecule has 1 N–H and O–H groups in total. The first-order valence-electron chi connectivity index (χ1n) is 6.20. The Kier molecular flexibility index (Phi) is 4.52. The van der Waals surface area contributed by atoms with Gasteiger partial charge in [0.1, 0.15) is 5.76 Å². The minimum absolute atomic E-state index is 0.205. The largest absolute Gasteiger partial charge is 0.469 e. The van der Waals surface area contributed by atoms with Gasteiger partial charge in [0.25, 0.3) is 0 Å². The maximum atomic E-state index is 12.3. The molecule has 1 atom stereocenters. The average Bonchev–Trinajstić information content (AvgIpc) is 2.84. The van der Waals surface area contributed by atoms with Gasteiger partial charge in [-0.1, -0.05) is 17.7 Å². The minimum Gasteiger partial charge on any atom is -0.469 e. The van der Waals surface area contributed by atoms with Crippen LogP contribution in [0, 0.1) is 6.92 Å². The van der Waals surface area contributed by atoms with Crippen LogP contribution in [0.25, 0.3) is 0 Å². The lowest BCUT2D eigenvalue weighted by Crippen LogP contribution is -2.34. The molecule has 0 fully saturated rings. The fraction of sp³-hybridized carbons (Fsp3) is 0.286. The Balaban J connectivity index is 2.16. The molecule has 108 valence electrons. The topological polar surface area (TPSA) is 59.3 Å². The zero-order valence-electron chi connectivity index (χ0n) is 11.3. The Morgan fingerprint density at radius 2 is 2.05 bits per heavy atom. The third-order valence-electron chi connectivity index (χ3n) is 2.95. The van der Waals surface area contributed by atoms with Crippen molar-refractivity contribution in [2.24, 2.45) is 0 Å². The molecule has 1 heterocycles. The Morgan fingerprint density at radius 3 is 2.70 bits per heavy atom. The van der Waals surface area contributed by atoms with Gasteiger partial charge in [-0.05, 0) is 43.7 Å². The summed E-state index contributed by atoms with van der Waals surface area (Å²) in [6.45, 7) is 3.48. The lowest BCUT2D eigenvalue weighted by molar-refractivity contribution is 0.479. The van der Waals surface area contributed by atoms with E-state index in [2.05, 4.69) is 4.72 Å². The molecule has 0 amide bonds. The number of sulfonamides is 1. The predicted octanol–water partition coefficient (Wildman–Crippen LogP) is 3.15. The zero-order valence-corrected chi connectivity index (χ0v) is 12.8.